The fraction of sp³-hybridized carbons (Fsp3) is 0.182. The highest BCUT2D eigenvalue weighted by Crippen LogP contribution is 2.39. The quantitative estimate of drug-likeness (QED) is 0.588. The zero-order valence-electron chi connectivity index (χ0n) is 15.9. The van der Waals surface area contributed by atoms with Crippen molar-refractivity contribution in [2.45, 2.75) is 12.6 Å². The van der Waals surface area contributed by atoms with E-state index in [1.54, 1.807) is 20.2 Å². The summed E-state index contributed by atoms with van der Waals surface area (Å²) >= 11 is 0. The Bertz CT molecular complexity index is 1170. The van der Waals surface area contributed by atoms with Gasteiger partial charge in [0.15, 0.2) is 11.6 Å². The highest BCUT2D eigenvalue weighted by molar-refractivity contribution is 5.98. The van der Waals surface area contributed by atoms with E-state index in [-0.39, 0.29) is 11.4 Å². The minimum absolute atomic E-state index is 0.0245. The van der Waals surface area contributed by atoms with Gasteiger partial charge in [0.25, 0.3) is 0 Å². The second-order valence-electron chi connectivity index (χ2n) is 6.61. The molecule has 0 bridgehead atoms. The second kappa shape index (κ2) is 7.24. The number of ether oxygens (including phenoxy) is 1. The lowest BCUT2D eigenvalue weighted by Crippen LogP contribution is -2.14. The van der Waals surface area contributed by atoms with Crippen LogP contribution < -0.4 is 4.74 Å². The molecule has 1 aromatic heterocycles. The van der Waals surface area contributed by atoms with Crippen LogP contribution in [0.4, 0.5) is 13.2 Å². The molecule has 4 nitrogen and oxygen atoms in total. The van der Waals surface area contributed by atoms with E-state index >= 15 is 0 Å². The fourth-order valence-corrected chi connectivity index (χ4v) is 3.46. The van der Waals surface area contributed by atoms with Gasteiger partial charge in [-0.3, -0.25) is 0 Å². The van der Waals surface area contributed by atoms with Gasteiger partial charge < -0.3 is 4.74 Å². The average molecular weight is 397 g/mol. The lowest BCUT2D eigenvalue weighted by molar-refractivity contribution is -0.0871. The number of methoxy groups -OCH3 is 1. The summed E-state index contributed by atoms with van der Waals surface area (Å²) < 4.78 is 47.8. The standard InChI is InChI=1S/C22H18F3N3O/c1-28-21(19-15-9-7-6-8-14(15)12-13-18(19)29-2)26-20(27-28)16-10-4-3-5-11-17(16)22(23,24)25/h3,5-13H,4H2,1-2H3. The van der Waals surface area contributed by atoms with Gasteiger partial charge in [-0.05, 0) is 29.3 Å². The third kappa shape index (κ3) is 3.44. The molecule has 1 heterocycles. The Morgan fingerprint density at radius 2 is 1.90 bits per heavy atom. The number of aryl methyl sites for hydroxylation is 1. The fourth-order valence-electron chi connectivity index (χ4n) is 3.46. The molecule has 4 rings (SSSR count). The number of hydrogen-bond donors (Lipinski definition) is 0. The van der Waals surface area contributed by atoms with Gasteiger partial charge in [0.05, 0.1) is 18.2 Å². The number of nitrogens with zero attached hydrogens (tertiary/aromatic N) is 3. The third-order valence-electron chi connectivity index (χ3n) is 4.79. The number of aromatic nitrogens is 3. The molecular formula is C22H18F3N3O. The van der Waals surface area contributed by atoms with E-state index in [9.17, 15) is 13.2 Å². The van der Waals surface area contributed by atoms with Gasteiger partial charge in [-0.25, -0.2) is 9.67 Å². The number of hydrogen-bond acceptors (Lipinski definition) is 3. The van der Waals surface area contributed by atoms with Crippen molar-refractivity contribution in [2.75, 3.05) is 7.11 Å². The predicted octanol–water partition coefficient (Wildman–Crippen LogP) is 5.48. The van der Waals surface area contributed by atoms with Gasteiger partial charge in [-0.1, -0.05) is 48.6 Å². The summed E-state index contributed by atoms with van der Waals surface area (Å²) in [6.45, 7) is 0. The Kier molecular flexibility index (Phi) is 4.74. The first kappa shape index (κ1) is 19.0. The Hall–Kier alpha value is -3.35. The number of halogens is 3. The first-order chi connectivity index (χ1) is 13.9. The normalized spacial score (nSPS) is 14.5. The largest absolute Gasteiger partial charge is 0.496 e. The van der Waals surface area contributed by atoms with E-state index in [1.165, 1.54) is 16.8 Å². The van der Waals surface area contributed by atoms with Crippen LogP contribution in [0.15, 0.2) is 66.3 Å². The van der Waals surface area contributed by atoms with Crippen LogP contribution in [0.1, 0.15) is 12.2 Å². The Morgan fingerprint density at radius 3 is 2.66 bits per heavy atom. The molecule has 148 valence electrons. The molecule has 1 aliphatic rings. The van der Waals surface area contributed by atoms with Crippen molar-refractivity contribution in [1.82, 2.24) is 14.8 Å². The summed E-state index contributed by atoms with van der Waals surface area (Å²) in [4.78, 5) is 4.50. The molecule has 0 spiro atoms. The number of alkyl halides is 3. The van der Waals surface area contributed by atoms with Crippen LogP contribution in [0, 0.1) is 0 Å². The van der Waals surface area contributed by atoms with Crippen LogP contribution in [0.2, 0.25) is 0 Å². The molecule has 2 aromatic carbocycles. The monoisotopic (exact) mass is 397 g/mol. The summed E-state index contributed by atoms with van der Waals surface area (Å²) in [5, 5.41) is 6.17. The van der Waals surface area contributed by atoms with Crippen LogP contribution >= 0.6 is 0 Å². The van der Waals surface area contributed by atoms with Gasteiger partial charge in [0.1, 0.15) is 5.75 Å². The minimum Gasteiger partial charge on any atom is -0.496 e. The van der Waals surface area contributed by atoms with Gasteiger partial charge >= 0.3 is 6.18 Å². The molecule has 0 amide bonds. The molecule has 7 heteroatoms. The van der Waals surface area contributed by atoms with Crippen LogP contribution in [-0.2, 0) is 7.05 Å². The summed E-state index contributed by atoms with van der Waals surface area (Å²) in [7, 11) is 3.22. The molecule has 0 saturated carbocycles. The first-order valence-electron chi connectivity index (χ1n) is 9.02. The van der Waals surface area contributed by atoms with Gasteiger partial charge in [-0.2, -0.15) is 18.3 Å². The SMILES string of the molecule is COc1ccc2ccccc2c1-c1nc(C2=CCC=CC=C2C(F)(F)F)nn1C. The second-order valence-corrected chi connectivity index (χ2v) is 6.61. The van der Waals surface area contributed by atoms with E-state index in [1.807, 2.05) is 36.4 Å². The average Bonchev–Trinajstić information content (AvgIpc) is 2.91. The van der Waals surface area contributed by atoms with Crippen LogP contribution in [0.25, 0.3) is 27.7 Å². The van der Waals surface area contributed by atoms with Crippen molar-refractivity contribution in [1.29, 1.82) is 0 Å². The molecule has 3 aromatic rings. The van der Waals surface area contributed by atoms with Crippen LogP contribution in [0.5, 0.6) is 5.75 Å². The number of rotatable bonds is 3. The smallest absolute Gasteiger partial charge is 0.417 e. The molecular weight excluding hydrogens is 379 g/mol. The van der Waals surface area contributed by atoms with E-state index < -0.39 is 11.7 Å². The zero-order chi connectivity index (χ0) is 20.6. The molecule has 1 aliphatic carbocycles. The van der Waals surface area contributed by atoms with Crippen molar-refractivity contribution < 1.29 is 17.9 Å². The van der Waals surface area contributed by atoms with Crippen molar-refractivity contribution in [3.05, 3.63) is 72.1 Å². The van der Waals surface area contributed by atoms with Gasteiger partial charge in [0, 0.05) is 12.6 Å². The highest BCUT2D eigenvalue weighted by atomic mass is 19.4. The lowest BCUT2D eigenvalue weighted by atomic mass is 10.0. The molecule has 0 unspecified atom stereocenters. The first-order valence-corrected chi connectivity index (χ1v) is 9.02. The summed E-state index contributed by atoms with van der Waals surface area (Å²) in [6.07, 6.45) is 1.50. The van der Waals surface area contributed by atoms with Crippen LogP contribution in [0.3, 0.4) is 0 Å². The third-order valence-corrected chi connectivity index (χ3v) is 4.79. The predicted molar refractivity (Wildman–Crippen MR) is 106 cm³/mol. The van der Waals surface area contributed by atoms with Gasteiger partial charge in [-0.15, -0.1) is 0 Å². The van der Waals surface area contributed by atoms with E-state index in [2.05, 4.69) is 10.1 Å². The van der Waals surface area contributed by atoms with Gasteiger partial charge in [0.2, 0.25) is 0 Å². The number of allylic oxidation sites excluding steroid dienone is 6. The van der Waals surface area contributed by atoms with E-state index in [0.29, 0.717) is 23.6 Å². The maximum atomic E-state index is 13.6. The molecule has 0 fully saturated rings. The topological polar surface area (TPSA) is 39.9 Å². The van der Waals surface area contributed by atoms with Crippen molar-refractivity contribution in [3.8, 4) is 17.1 Å². The molecule has 0 atom stereocenters. The van der Waals surface area contributed by atoms with Crippen molar-refractivity contribution in [2.24, 2.45) is 7.05 Å². The number of benzene rings is 2. The number of fused-ring (bicyclic) bond motifs is 1. The van der Waals surface area contributed by atoms with Crippen molar-refractivity contribution >= 4 is 16.3 Å². The molecule has 0 radical (unpaired) electrons. The summed E-state index contributed by atoms with van der Waals surface area (Å²) in [6, 6.07) is 11.5. The lowest BCUT2D eigenvalue weighted by Gasteiger charge is -2.12. The zero-order valence-corrected chi connectivity index (χ0v) is 15.9. The Labute approximate surface area is 165 Å². The van der Waals surface area contributed by atoms with Crippen molar-refractivity contribution in [3.63, 3.8) is 0 Å². The summed E-state index contributed by atoms with van der Waals surface area (Å²) in [5.74, 6) is 1.05. The maximum absolute atomic E-state index is 13.6. The molecule has 29 heavy (non-hydrogen) atoms. The molecule has 0 aliphatic heterocycles. The molecule has 0 saturated heterocycles. The maximum Gasteiger partial charge on any atom is 0.417 e. The Morgan fingerprint density at radius 1 is 1.10 bits per heavy atom. The molecule has 0 N–H and O–H groups in total. The summed E-state index contributed by atoms with van der Waals surface area (Å²) in [5.41, 5.74) is -0.0893. The highest BCUT2D eigenvalue weighted by Gasteiger charge is 2.37. The Balaban J connectivity index is 1.91. The van der Waals surface area contributed by atoms with E-state index in [0.717, 1.165) is 16.8 Å². The van der Waals surface area contributed by atoms with E-state index in [4.69, 9.17) is 4.74 Å². The minimum atomic E-state index is -4.50. The van der Waals surface area contributed by atoms with Crippen LogP contribution in [-0.4, -0.2) is 28.1 Å².